The van der Waals surface area contributed by atoms with Crippen LogP contribution in [-0.4, -0.2) is 12.6 Å². The van der Waals surface area contributed by atoms with Crippen LogP contribution in [0.2, 0.25) is 0 Å². The molecule has 0 saturated heterocycles. The molecule has 3 nitrogen and oxygen atoms in total. The predicted molar refractivity (Wildman–Crippen MR) is 214 cm³/mol. The molecule has 0 atom stereocenters. The molecule has 0 aromatic rings. The molecule has 0 saturated carbocycles. The number of hydrogen-bond acceptors (Lipinski definition) is 3. The average molecular weight is 668 g/mol. The fourth-order valence-electron chi connectivity index (χ4n) is 5.90. The monoisotopic (exact) mass is 668 g/mol. The molecule has 0 aromatic carbocycles. The van der Waals surface area contributed by atoms with E-state index in [0.29, 0.717) is 13.0 Å². The van der Waals surface area contributed by atoms with E-state index in [4.69, 9.17) is 4.74 Å². The Hall–Kier alpha value is -0.570. The second kappa shape index (κ2) is 45.4. The summed E-state index contributed by atoms with van der Waals surface area (Å²) in [4.78, 5) is 11.9. The van der Waals surface area contributed by atoms with Crippen LogP contribution in [0.25, 0.3) is 0 Å². The maximum absolute atomic E-state index is 11.9. The Labute approximate surface area is 299 Å². The molecule has 0 bridgehead atoms. The molecule has 0 fully saturated rings. The molecule has 0 spiro atoms. The molecule has 0 rings (SSSR count). The summed E-state index contributed by atoms with van der Waals surface area (Å²) in [6, 6.07) is 0. The van der Waals surface area contributed by atoms with Gasteiger partial charge in [-0.15, -0.1) is 0 Å². The second-order valence-electron chi connectivity index (χ2n) is 15.4. The SMILES string of the molecule is CC(C)C(C)C.CCCCCCCCCCCCCCCCCCCCOC(=O)CCCCCCCCCCCCCCCCC.N. The van der Waals surface area contributed by atoms with Gasteiger partial charge in [0.05, 0.1) is 6.61 Å². The number of ether oxygens (including phenoxy) is 1. The highest BCUT2D eigenvalue weighted by Crippen LogP contribution is 2.16. The first-order valence-corrected chi connectivity index (χ1v) is 21.6. The first kappa shape index (κ1) is 50.8. The van der Waals surface area contributed by atoms with Crippen LogP contribution in [0.3, 0.4) is 0 Å². The Balaban J connectivity index is -0.00000251. The number of carbonyl (C=O) groups excluding carboxylic acids is 1. The highest BCUT2D eigenvalue weighted by molar-refractivity contribution is 5.69. The summed E-state index contributed by atoms with van der Waals surface area (Å²) in [6.07, 6.45) is 46.0. The molecule has 286 valence electrons. The Kier molecular flexibility index (Phi) is 49.1. The van der Waals surface area contributed by atoms with E-state index in [-0.39, 0.29) is 12.1 Å². The lowest BCUT2D eigenvalue weighted by molar-refractivity contribution is -0.143. The molecule has 47 heavy (non-hydrogen) atoms. The van der Waals surface area contributed by atoms with E-state index >= 15 is 0 Å². The third-order valence-electron chi connectivity index (χ3n) is 10.1. The highest BCUT2D eigenvalue weighted by Gasteiger charge is 2.03. The van der Waals surface area contributed by atoms with Gasteiger partial charge in [0.25, 0.3) is 0 Å². The summed E-state index contributed by atoms with van der Waals surface area (Å²) in [6.45, 7) is 14.2. The van der Waals surface area contributed by atoms with Crippen molar-refractivity contribution < 1.29 is 9.53 Å². The zero-order chi connectivity index (χ0) is 34.2. The van der Waals surface area contributed by atoms with Gasteiger partial charge in [-0.05, 0) is 24.7 Å². The number of esters is 1. The summed E-state index contributed by atoms with van der Waals surface area (Å²) in [7, 11) is 0. The minimum Gasteiger partial charge on any atom is -0.466 e. The van der Waals surface area contributed by atoms with E-state index < -0.39 is 0 Å². The Morgan fingerprint density at radius 1 is 0.362 bits per heavy atom. The first-order chi connectivity index (χ1) is 22.5. The van der Waals surface area contributed by atoms with Crippen molar-refractivity contribution in [3.8, 4) is 0 Å². The van der Waals surface area contributed by atoms with Crippen LogP contribution in [0.1, 0.15) is 260 Å². The minimum absolute atomic E-state index is 0. The van der Waals surface area contributed by atoms with Crippen LogP contribution in [-0.2, 0) is 9.53 Å². The molecule has 0 aliphatic rings. The minimum atomic E-state index is 0. The predicted octanol–water partition coefficient (Wildman–Crippen LogP) is 16.3. The van der Waals surface area contributed by atoms with E-state index in [1.165, 1.54) is 199 Å². The van der Waals surface area contributed by atoms with Gasteiger partial charge in [-0.3, -0.25) is 4.79 Å². The van der Waals surface area contributed by atoms with Crippen molar-refractivity contribution in [2.75, 3.05) is 6.61 Å². The zero-order valence-electron chi connectivity index (χ0n) is 33.9. The topological polar surface area (TPSA) is 61.3 Å². The third kappa shape index (κ3) is 49.9. The normalized spacial score (nSPS) is 11.1. The highest BCUT2D eigenvalue weighted by atomic mass is 16.5. The number of hydrogen-bond donors (Lipinski definition) is 1. The molecule has 0 heterocycles. The number of unbranched alkanes of at least 4 members (excludes halogenated alkanes) is 31. The van der Waals surface area contributed by atoms with Crippen molar-refractivity contribution in [1.82, 2.24) is 6.15 Å². The second-order valence-corrected chi connectivity index (χ2v) is 15.4. The van der Waals surface area contributed by atoms with Gasteiger partial charge in [-0.1, -0.05) is 241 Å². The summed E-state index contributed by atoms with van der Waals surface area (Å²) in [5, 5.41) is 0. The van der Waals surface area contributed by atoms with Crippen molar-refractivity contribution in [3.05, 3.63) is 0 Å². The van der Waals surface area contributed by atoms with Gasteiger partial charge in [0.15, 0.2) is 0 Å². The zero-order valence-corrected chi connectivity index (χ0v) is 33.9. The fourth-order valence-corrected chi connectivity index (χ4v) is 5.90. The van der Waals surface area contributed by atoms with Crippen molar-refractivity contribution in [2.45, 2.75) is 260 Å². The molecule has 3 heteroatoms. The third-order valence-corrected chi connectivity index (χ3v) is 10.1. The molecule has 3 N–H and O–H groups in total. The van der Waals surface area contributed by atoms with Gasteiger partial charge < -0.3 is 10.9 Å². The van der Waals surface area contributed by atoms with Gasteiger partial charge in [0, 0.05) is 6.42 Å². The van der Waals surface area contributed by atoms with Crippen LogP contribution in [0.5, 0.6) is 0 Å². The molecule has 0 unspecified atom stereocenters. The van der Waals surface area contributed by atoms with E-state index in [1.807, 2.05) is 0 Å². The maximum Gasteiger partial charge on any atom is 0.305 e. The van der Waals surface area contributed by atoms with E-state index in [0.717, 1.165) is 24.7 Å². The van der Waals surface area contributed by atoms with Gasteiger partial charge in [0.2, 0.25) is 0 Å². The first-order valence-electron chi connectivity index (χ1n) is 21.6. The average Bonchev–Trinajstić information content (AvgIpc) is 3.04. The quantitative estimate of drug-likeness (QED) is 0.0534. The number of rotatable bonds is 36. The maximum atomic E-state index is 11.9. The van der Waals surface area contributed by atoms with Crippen LogP contribution in [0.15, 0.2) is 0 Å². The number of carbonyl (C=O) groups is 1. The lowest BCUT2D eigenvalue weighted by atomic mass is 10.0. The summed E-state index contributed by atoms with van der Waals surface area (Å²) in [5.41, 5.74) is 0. The largest absolute Gasteiger partial charge is 0.466 e. The van der Waals surface area contributed by atoms with E-state index in [2.05, 4.69) is 41.5 Å². The molecule has 0 aliphatic carbocycles. The molecular formula is C44H93NO2. The molecule has 0 aromatic heterocycles. The Morgan fingerprint density at radius 2 is 0.574 bits per heavy atom. The van der Waals surface area contributed by atoms with Gasteiger partial charge >= 0.3 is 5.97 Å². The summed E-state index contributed by atoms with van der Waals surface area (Å²) in [5.74, 6) is 1.73. The smallest absolute Gasteiger partial charge is 0.305 e. The Morgan fingerprint density at radius 3 is 0.809 bits per heavy atom. The van der Waals surface area contributed by atoms with Crippen molar-refractivity contribution in [3.63, 3.8) is 0 Å². The summed E-state index contributed by atoms with van der Waals surface area (Å²) >= 11 is 0. The van der Waals surface area contributed by atoms with Crippen LogP contribution in [0.4, 0.5) is 0 Å². The van der Waals surface area contributed by atoms with E-state index in [1.54, 1.807) is 0 Å². The van der Waals surface area contributed by atoms with Crippen molar-refractivity contribution in [1.29, 1.82) is 0 Å². The standard InChI is InChI=1S/C38H76O2.C6H14.H3N/c1-3-5-7-9-11-13-15-17-19-20-21-23-25-27-29-31-33-35-37-40-38(39)36-34-32-30-28-26-24-22-18-16-14-12-10-8-6-4-2;1-5(2)6(3)4;/h3-37H2,1-2H3;5-6H,1-4H3;1H3. The molecule has 0 amide bonds. The Bertz CT molecular complexity index is 541. The van der Waals surface area contributed by atoms with Crippen LogP contribution >= 0.6 is 0 Å². The molecule has 0 aliphatic heterocycles. The molecular weight excluding hydrogens is 574 g/mol. The fraction of sp³-hybridized carbons (Fsp3) is 0.977. The van der Waals surface area contributed by atoms with Crippen LogP contribution < -0.4 is 6.15 Å². The summed E-state index contributed by atoms with van der Waals surface area (Å²) < 4.78 is 5.45. The van der Waals surface area contributed by atoms with Crippen molar-refractivity contribution >= 4 is 5.97 Å². The van der Waals surface area contributed by atoms with Gasteiger partial charge in [-0.2, -0.15) is 0 Å². The van der Waals surface area contributed by atoms with E-state index in [9.17, 15) is 4.79 Å². The lowest BCUT2D eigenvalue weighted by Gasteiger charge is -2.06. The van der Waals surface area contributed by atoms with Gasteiger partial charge in [-0.25, -0.2) is 0 Å². The van der Waals surface area contributed by atoms with Crippen molar-refractivity contribution in [2.24, 2.45) is 11.8 Å². The lowest BCUT2D eigenvalue weighted by Crippen LogP contribution is -2.05. The van der Waals surface area contributed by atoms with Gasteiger partial charge in [0.1, 0.15) is 0 Å². The molecule has 0 radical (unpaired) electrons. The van der Waals surface area contributed by atoms with Crippen LogP contribution in [0, 0.1) is 11.8 Å².